The molecule has 0 aliphatic rings. The molecule has 0 saturated carbocycles. The second-order valence-corrected chi connectivity index (χ2v) is 6.18. The topological polar surface area (TPSA) is 76.1 Å². The minimum atomic E-state index is -0.439. The quantitative estimate of drug-likeness (QED) is 0.636. The Labute approximate surface area is 143 Å². The normalized spacial score (nSPS) is 11.6. The Morgan fingerprint density at radius 3 is 2.79 bits per heavy atom. The monoisotopic (exact) mass is 338 g/mol. The van der Waals surface area contributed by atoms with Gasteiger partial charge >= 0.3 is 5.97 Å². The fourth-order valence-electron chi connectivity index (χ4n) is 2.20. The molecule has 0 saturated heterocycles. The molecule has 0 fully saturated rings. The van der Waals surface area contributed by atoms with Crippen LogP contribution in [-0.2, 0) is 11.2 Å². The first-order valence-electron chi connectivity index (χ1n) is 7.34. The van der Waals surface area contributed by atoms with Crippen LogP contribution in [0.1, 0.15) is 15.2 Å². The van der Waals surface area contributed by atoms with Crippen molar-refractivity contribution in [3.05, 3.63) is 64.8 Å². The van der Waals surface area contributed by atoms with E-state index in [2.05, 4.69) is 11.1 Å². The van der Waals surface area contributed by atoms with Crippen molar-refractivity contribution in [1.29, 1.82) is 5.26 Å². The van der Waals surface area contributed by atoms with Crippen LogP contribution in [0.3, 0.4) is 0 Å². The van der Waals surface area contributed by atoms with Crippen molar-refractivity contribution in [3.8, 4) is 17.4 Å². The lowest BCUT2D eigenvalue weighted by atomic mass is 10.1. The molecule has 6 heteroatoms. The summed E-state index contributed by atoms with van der Waals surface area (Å²) in [7, 11) is 0. The van der Waals surface area contributed by atoms with Crippen LogP contribution < -0.4 is 0 Å². The highest BCUT2D eigenvalue weighted by atomic mass is 32.1. The lowest BCUT2D eigenvalue weighted by Gasteiger charge is -2.09. The molecule has 1 unspecified atom stereocenters. The minimum Gasteiger partial charge on any atom is -0.461 e. The van der Waals surface area contributed by atoms with Gasteiger partial charge in [-0.15, -0.1) is 11.3 Å². The van der Waals surface area contributed by atoms with Gasteiger partial charge in [0, 0.05) is 16.9 Å². The number of nitrogens with zero attached hydrogens (tertiary/aromatic N) is 2. The van der Waals surface area contributed by atoms with Crippen LogP contribution in [0.15, 0.2) is 58.8 Å². The number of aromatic nitrogens is 1. The zero-order chi connectivity index (χ0) is 16.8. The summed E-state index contributed by atoms with van der Waals surface area (Å²) in [5.41, 5.74) is 1.27. The van der Waals surface area contributed by atoms with Crippen LogP contribution in [0, 0.1) is 17.2 Å². The van der Waals surface area contributed by atoms with Gasteiger partial charge in [0.1, 0.15) is 6.61 Å². The van der Waals surface area contributed by atoms with E-state index in [4.69, 9.17) is 9.15 Å². The standard InChI is InChI=1S/C18H14N2O3S/c19-9-13(8-16-2-1-7-24-16)11-22-18(21)15-5-3-14(4-6-15)17-10-20-12-23-17/h1-7,10,12-13H,8,11H2. The second kappa shape index (κ2) is 7.57. The van der Waals surface area contributed by atoms with Crippen LogP contribution in [0.5, 0.6) is 0 Å². The number of oxazole rings is 1. The van der Waals surface area contributed by atoms with Gasteiger partial charge in [-0.3, -0.25) is 0 Å². The summed E-state index contributed by atoms with van der Waals surface area (Å²) >= 11 is 1.59. The highest BCUT2D eigenvalue weighted by molar-refractivity contribution is 7.09. The molecular formula is C18H14N2O3S. The molecule has 0 amide bonds. The number of carbonyl (C=O) groups excluding carboxylic acids is 1. The van der Waals surface area contributed by atoms with Gasteiger partial charge in [0.2, 0.25) is 0 Å². The van der Waals surface area contributed by atoms with Crippen molar-refractivity contribution < 1.29 is 13.9 Å². The molecule has 0 radical (unpaired) electrons. The van der Waals surface area contributed by atoms with E-state index in [0.29, 0.717) is 17.7 Å². The largest absolute Gasteiger partial charge is 0.461 e. The molecule has 5 nitrogen and oxygen atoms in total. The number of ether oxygens (including phenoxy) is 1. The van der Waals surface area contributed by atoms with Crippen molar-refractivity contribution in [2.75, 3.05) is 6.61 Å². The van der Waals surface area contributed by atoms with Gasteiger partial charge in [-0.1, -0.05) is 18.2 Å². The van der Waals surface area contributed by atoms with Crippen LogP contribution in [0.4, 0.5) is 0 Å². The van der Waals surface area contributed by atoms with Crippen molar-refractivity contribution in [3.63, 3.8) is 0 Å². The fraction of sp³-hybridized carbons (Fsp3) is 0.167. The van der Waals surface area contributed by atoms with E-state index in [0.717, 1.165) is 10.4 Å². The first-order chi connectivity index (χ1) is 11.8. The number of nitriles is 1. The molecule has 0 bridgehead atoms. The Bertz CT molecular complexity index is 818. The van der Waals surface area contributed by atoms with Crippen LogP contribution >= 0.6 is 11.3 Å². The van der Waals surface area contributed by atoms with Crippen LogP contribution in [0.25, 0.3) is 11.3 Å². The first-order valence-corrected chi connectivity index (χ1v) is 8.22. The van der Waals surface area contributed by atoms with E-state index in [1.54, 1.807) is 41.8 Å². The van der Waals surface area contributed by atoms with Crippen molar-refractivity contribution in [2.45, 2.75) is 6.42 Å². The van der Waals surface area contributed by atoms with Gasteiger partial charge in [0.15, 0.2) is 12.2 Å². The van der Waals surface area contributed by atoms with Gasteiger partial charge in [-0.05, 0) is 23.6 Å². The maximum Gasteiger partial charge on any atom is 0.338 e. The number of hydrogen-bond donors (Lipinski definition) is 0. The summed E-state index contributed by atoms with van der Waals surface area (Å²) in [6, 6.07) is 13.0. The van der Waals surface area contributed by atoms with Gasteiger partial charge in [-0.2, -0.15) is 5.26 Å². The molecule has 24 heavy (non-hydrogen) atoms. The molecule has 0 spiro atoms. The number of rotatable bonds is 6. The predicted octanol–water partition coefficient (Wildman–Crippen LogP) is 3.94. The number of thiophene rings is 1. The maximum atomic E-state index is 12.1. The average Bonchev–Trinajstić information content (AvgIpc) is 3.32. The molecule has 2 heterocycles. The first kappa shape index (κ1) is 16.0. The third kappa shape index (κ3) is 3.89. The van der Waals surface area contributed by atoms with Crippen LogP contribution in [0.2, 0.25) is 0 Å². The van der Waals surface area contributed by atoms with E-state index >= 15 is 0 Å². The Morgan fingerprint density at radius 2 is 2.17 bits per heavy atom. The third-order valence-corrected chi connectivity index (χ3v) is 4.36. The number of benzene rings is 1. The molecule has 0 aliphatic carbocycles. The molecule has 3 aromatic rings. The molecular weight excluding hydrogens is 324 g/mol. The smallest absolute Gasteiger partial charge is 0.338 e. The summed E-state index contributed by atoms with van der Waals surface area (Å²) in [4.78, 5) is 17.1. The summed E-state index contributed by atoms with van der Waals surface area (Å²) in [6.07, 6.45) is 3.55. The predicted molar refractivity (Wildman–Crippen MR) is 89.3 cm³/mol. The Balaban J connectivity index is 1.57. The summed E-state index contributed by atoms with van der Waals surface area (Å²) in [6.45, 7) is 0.0804. The van der Waals surface area contributed by atoms with Gasteiger partial charge in [0.25, 0.3) is 0 Å². The van der Waals surface area contributed by atoms with E-state index in [-0.39, 0.29) is 12.5 Å². The zero-order valence-electron chi connectivity index (χ0n) is 12.7. The van der Waals surface area contributed by atoms with Crippen molar-refractivity contribution >= 4 is 17.3 Å². The van der Waals surface area contributed by atoms with E-state index < -0.39 is 5.97 Å². The zero-order valence-corrected chi connectivity index (χ0v) is 13.5. The Morgan fingerprint density at radius 1 is 1.33 bits per heavy atom. The molecule has 0 aliphatic heterocycles. The molecule has 1 atom stereocenters. The lowest BCUT2D eigenvalue weighted by Crippen LogP contribution is -2.14. The van der Waals surface area contributed by atoms with E-state index in [1.807, 2.05) is 17.5 Å². The SMILES string of the molecule is N#CC(COC(=O)c1ccc(-c2cnco2)cc1)Cc1cccs1. The summed E-state index contributed by atoms with van der Waals surface area (Å²) in [5, 5.41) is 11.2. The minimum absolute atomic E-state index is 0.0804. The molecule has 120 valence electrons. The summed E-state index contributed by atoms with van der Waals surface area (Å²) in [5.74, 6) is -0.151. The Hall–Kier alpha value is -2.91. The molecule has 3 rings (SSSR count). The second-order valence-electron chi connectivity index (χ2n) is 5.15. The van der Waals surface area contributed by atoms with E-state index in [9.17, 15) is 10.1 Å². The summed E-state index contributed by atoms with van der Waals surface area (Å²) < 4.78 is 10.5. The van der Waals surface area contributed by atoms with E-state index in [1.165, 1.54) is 6.39 Å². The Kier molecular flexibility index (Phi) is 5.04. The number of carbonyl (C=O) groups is 1. The maximum absolute atomic E-state index is 12.1. The van der Waals surface area contributed by atoms with Gasteiger partial charge in [-0.25, -0.2) is 9.78 Å². The molecule has 2 aromatic heterocycles. The average molecular weight is 338 g/mol. The highest BCUT2D eigenvalue weighted by Crippen LogP contribution is 2.19. The van der Waals surface area contributed by atoms with Crippen molar-refractivity contribution in [2.24, 2.45) is 5.92 Å². The van der Waals surface area contributed by atoms with Gasteiger partial charge < -0.3 is 9.15 Å². The van der Waals surface area contributed by atoms with Crippen LogP contribution in [-0.4, -0.2) is 17.6 Å². The van der Waals surface area contributed by atoms with Gasteiger partial charge in [0.05, 0.1) is 23.7 Å². The number of esters is 1. The lowest BCUT2D eigenvalue weighted by molar-refractivity contribution is 0.0468. The van der Waals surface area contributed by atoms with Crippen molar-refractivity contribution in [1.82, 2.24) is 4.98 Å². The molecule has 1 aromatic carbocycles. The fourth-order valence-corrected chi connectivity index (χ4v) is 2.99. The molecule has 0 N–H and O–H groups in total. The third-order valence-electron chi connectivity index (χ3n) is 3.46. The highest BCUT2D eigenvalue weighted by Gasteiger charge is 2.14. The number of hydrogen-bond acceptors (Lipinski definition) is 6.